The summed E-state index contributed by atoms with van der Waals surface area (Å²) >= 11 is 0. The fourth-order valence-corrected chi connectivity index (χ4v) is 2.41. The number of carbonyl (C=O) groups is 1. The second kappa shape index (κ2) is 6.45. The standard InChI is InChI=1S/C18H18N2O2/c1-19-10-13-6-8-14(9-7-13)11-20-18(21)16-12-22-17-5-3-2-4-15(16)17/h2-9,12,19H,10-11H2,1H3,(H,20,21). The number of nitrogens with one attached hydrogen (secondary N) is 2. The van der Waals surface area contributed by atoms with Gasteiger partial charge in [-0.15, -0.1) is 0 Å². The third-order valence-electron chi connectivity index (χ3n) is 3.58. The minimum atomic E-state index is -0.121. The molecule has 0 saturated heterocycles. The molecule has 0 bridgehead atoms. The van der Waals surface area contributed by atoms with E-state index >= 15 is 0 Å². The van der Waals surface area contributed by atoms with Crippen LogP contribution >= 0.6 is 0 Å². The van der Waals surface area contributed by atoms with Gasteiger partial charge in [0.1, 0.15) is 11.8 Å². The number of benzene rings is 2. The average molecular weight is 294 g/mol. The van der Waals surface area contributed by atoms with Crippen LogP contribution in [0.1, 0.15) is 21.5 Å². The molecule has 3 aromatic rings. The number of rotatable bonds is 5. The fourth-order valence-electron chi connectivity index (χ4n) is 2.41. The Morgan fingerprint density at radius 3 is 2.41 bits per heavy atom. The van der Waals surface area contributed by atoms with Crippen molar-refractivity contribution in [2.75, 3.05) is 7.05 Å². The van der Waals surface area contributed by atoms with Crippen LogP contribution in [0.25, 0.3) is 11.0 Å². The van der Waals surface area contributed by atoms with Gasteiger partial charge in [-0.25, -0.2) is 0 Å². The summed E-state index contributed by atoms with van der Waals surface area (Å²) in [5.74, 6) is -0.121. The van der Waals surface area contributed by atoms with Crippen LogP contribution in [0.5, 0.6) is 0 Å². The molecule has 0 fully saturated rings. The van der Waals surface area contributed by atoms with Crippen molar-refractivity contribution in [1.29, 1.82) is 0 Å². The fraction of sp³-hybridized carbons (Fsp3) is 0.167. The van der Waals surface area contributed by atoms with Gasteiger partial charge in [-0.1, -0.05) is 42.5 Å². The van der Waals surface area contributed by atoms with E-state index in [-0.39, 0.29) is 5.91 Å². The lowest BCUT2D eigenvalue weighted by atomic mass is 10.1. The Labute approximate surface area is 129 Å². The van der Waals surface area contributed by atoms with Gasteiger partial charge in [-0.3, -0.25) is 4.79 Å². The number of fused-ring (bicyclic) bond motifs is 1. The Balaban J connectivity index is 1.67. The maximum Gasteiger partial charge on any atom is 0.255 e. The van der Waals surface area contributed by atoms with Crippen molar-refractivity contribution in [1.82, 2.24) is 10.6 Å². The predicted octanol–water partition coefficient (Wildman–Crippen LogP) is 3.08. The van der Waals surface area contributed by atoms with Gasteiger partial charge < -0.3 is 15.1 Å². The lowest BCUT2D eigenvalue weighted by Gasteiger charge is -2.06. The van der Waals surface area contributed by atoms with Crippen LogP contribution in [0.3, 0.4) is 0 Å². The molecule has 1 heterocycles. The molecule has 3 rings (SSSR count). The van der Waals surface area contributed by atoms with Crippen molar-refractivity contribution < 1.29 is 9.21 Å². The normalized spacial score (nSPS) is 10.8. The molecule has 0 aliphatic heterocycles. The Kier molecular flexibility index (Phi) is 4.21. The first-order chi connectivity index (χ1) is 10.8. The molecule has 0 atom stereocenters. The van der Waals surface area contributed by atoms with Crippen molar-refractivity contribution in [2.45, 2.75) is 13.1 Å². The molecule has 2 N–H and O–H groups in total. The van der Waals surface area contributed by atoms with Crippen molar-refractivity contribution in [3.8, 4) is 0 Å². The molecule has 0 saturated carbocycles. The molecule has 4 nitrogen and oxygen atoms in total. The number of carbonyl (C=O) groups excluding carboxylic acids is 1. The lowest BCUT2D eigenvalue weighted by Crippen LogP contribution is -2.22. The van der Waals surface area contributed by atoms with Crippen LogP contribution in [-0.4, -0.2) is 13.0 Å². The van der Waals surface area contributed by atoms with Crippen molar-refractivity contribution in [2.24, 2.45) is 0 Å². The molecule has 0 aliphatic carbocycles. The number of amides is 1. The van der Waals surface area contributed by atoms with Crippen LogP contribution in [0.15, 0.2) is 59.2 Å². The first-order valence-corrected chi connectivity index (χ1v) is 7.25. The highest BCUT2D eigenvalue weighted by atomic mass is 16.3. The quantitative estimate of drug-likeness (QED) is 0.760. The van der Waals surface area contributed by atoms with Gasteiger partial charge in [0.2, 0.25) is 0 Å². The Hall–Kier alpha value is -2.59. The third kappa shape index (κ3) is 3.02. The van der Waals surface area contributed by atoms with Gasteiger partial charge in [0.15, 0.2) is 0 Å². The van der Waals surface area contributed by atoms with Crippen LogP contribution in [0.2, 0.25) is 0 Å². The Morgan fingerprint density at radius 2 is 1.68 bits per heavy atom. The average Bonchev–Trinajstić information content (AvgIpc) is 2.98. The highest BCUT2D eigenvalue weighted by Crippen LogP contribution is 2.20. The van der Waals surface area contributed by atoms with Crippen LogP contribution in [0.4, 0.5) is 0 Å². The van der Waals surface area contributed by atoms with Crippen molar-refractivity contribution in [3.63, 3.8) is 0 Å². The second-order valence-electron chi connectivity index (χ2n) is 5.18. The van der Waals surface area contributed by atoms with Gasteiger partial charge in [-0.2, -0.15) is 0 Å². The topological polar surface area (TPSA) is 54.3 Å². The highest BCUT2D eigenvalue weighted by Gasteiger charge is 2.12. The van der Waals surface area contributed by atoms with Gasteiger partial charge in [0.25, 0.3) is 5.91 Å². The molecule has 4 heteroatoms. The van der Waals surface area contributed by atoms with E-state index in [0.29, 0.717) is 12.1 Å². The monoisotopic (exact) mass is 294 g/mol. The zero-order valence-corrected chi connectivity index (χ0v) is 12.4. The zero-order chi connectivity index (χ0) is 15.4. The summed E-state index contributed by atoms with van der Waals surface area (Å²) in [5, 5.41) is 6.88. The van der Waals surface area contributed by atoms with Crippen LogP contribution in [0, 0.1) is 0 Å². The van der Waals surface area contributed by atoms with Crippen LogP contribution < -0.4 is 10.6 Å². The maximum absolute atomic E-state index is 12.3. The first-order valence-electron chi connectivity index (χ1n) is 7.25. The minimum absolute atomic E-state index is 0.121. The smallest absolute Gasteiger partial charge is 0.255 e. The summed E-state index contributed by atoms with van der Waals surface area (Å²) in [6.45, 7) is 1.34. The SMILES string of the molecule is CNCc1ccc(CNC(=O)c2coc3ccccc23)cc1. The van der Waals surface area contributed by atoms with E-state index < -0.39 is 0 Å². The Bertz CT molecular complexity index is 775. The molecule has 0 radical (unpaired) electrons. The molecule has 0 spiro atoms. The molecule has 2 aromatic carbocycles. The van der Waals surface area contributed by atoms with E-state index in [9.17, 15) is 4.79 Å². The van der Waals surface area contributed by atoms with Crippen molar-refractivity contribution >= 4 is 16.9 Å². The summed E-state index contributed by atoms with van der Waals surface area (Å²) in [5.41, 5.74) is 3.59. The predicted molar refractivity (Wildman–Crippen MR) is 86.6 cm³/mol. The molecule has 22 heavy (non-hydrogen) atoms. The summed E-state index contributed by atoms with van der Waals surface area (Å²) in [6, 6.07) is 15.7. The van der Waals surface area contributed by atoms with Gasteiger partial charge in [0, 0.05) is 18.5 Å². The molecular weight excluding hydrogens is 276 g/mol. The summed E-state index contributed by atoms with van der Waals surface area (Å²) in [4.78, 5) is 12.3. The zero-order valence-electron chi connectivity index (χ0n) is 12.4. The van der Waals surface area contributed by atoms with Gasteiger partial charge >= 0.3 is 0 Å². The number of para-hydroxylation sites is 1. The van der Waals surface area contributed by atoms with Gasteiger partial charge in [0.05, 0.1) is 5.56 Å². The first kappa shape index (κ1) is 14.4. The highest BCUT2D eigenvalue weighted by molar-refractivity contribution is 6.05. The molecule has 0 aliphatic rings. The van der Waals surface area contributed by atoms with Crippen molar-refractivity contribution in [3.05, 3.63) is 71.5 Å². The number of furan rings is 1. The number of hydrogen-bond donors (Lipinski definition) is 2. The largest absolute Gasteiger partial charge is 0.463 e. The summed E-state index contributed by atoms with van der Waals surface area (Å²) in [6.07, 6.45) is 1.51. The summed E-state index contributed by atoms with van der Waals surface area (Å²) in [7, 11) is 1.92. The van der Waals surface area contributed by atoms with E-state index in [4.69, 9.17) is 4.42 Å². The molecule has 112 valence electrons. The third-order valence-corrected chi connectivity index (χ3v) is 3.58. The number of hydrogen-bond acceptors (Lipinski definition) is 3. The van der Waals surface area contributed by atoms with E-state index in [1.807, 2.05) is 43.4 Å². The lowest BCUT2D eigenvalue weighted by molar-refractivity contribution is 0.0951. The Morgan fingerprint density at radius 1 is 1.00 bits per heavy atom. The van der Waals surface area contributed by atoms with E-state index in [0.717, 1.165) is 23.1 Å². The van der Waals surface area contributed by atoms with Crippen LogP contribution in [-0.2, 0) is 13.1 Å². The van der Waals surface area contributed by atoms with E-state index in [2.05, 4.69) is 22.8 Å². The molecule has 1 aromatic heterocycles. The molecule has 1 amide bonds. The maximum atomic E-state index is 12.3. The van der Waals surface area contributed by atoms with E-state index in [1.165, 1.54) is 11.8 Å². The van der Waals surface area contributed by atoms with Gasteiger partial charge in [-0.05, 0) is 24.2 Å². The second-order valence-corrected chi connectivity index (χ2v) is 5.18. The molecular formula is C18H18N2O2. The molecule has 0 unspecified atom stereocenters. The minimum Gasteiger partial charge on any atom is -0.463 e. The van der Waals surface area contributed by atoms with E-state index in [1.54, 1.807) is 0 Å². The summed E-state index contributed by atoms with van der Waals surface area (Å²) < 4.78 is 5.40.